The first-order valence-electron chi connectivity index (χ1n) is 33.4. The molecule has 0 aliphatic rings. The summed E-state index contributed by atoms with van der Waals surface area (Å²) in [6.45, 7) is 4.87. The highest BCUT2D eigenvalue weighted by Gasteiger charge is 2.18. The van der Waals surface area contributed by atoms with E-state index >= 15 is 0 Å². The maximum atomic E-state index is 12.5. The molecule has 0 bridgehead atoms. The van der Waals surface area contributed by atoms with E-state index in [1.807, 2.05) is 6.08 Å². The molecule has 0 heterocycles. The van der Waals surface area contributed by atoms with Gasteiger partial charge in [-0.2, -0.15) is 0 Å². The standard InChI is InChI=1S/C69H129NO5/c1-3-5-7-9-11-13-15-17-19-21-23-24-25-26-27-28-29-30-33-37-41-45-49-53-57-61-67(72)66(65-71)70-68(73)62-58-54-50-46-42-38-34-32-36-40-44-48-52-56-60-64-75-69(74)63-59-55-51-47-43-39-35-31-22-20-18-16-14-12-10-8-6-4-2/h14,16,20,22,36,40,57,61,66-67,71-72H,3-13,15,17-19,21,23-35,37-39,41-56,58-60,62-65H2,1-2H3,(H,70,73)/b16-14-,22-20-,40-36-,61-57+. The minimum Gasteiger partial charge on any atom is -0.466 e. The number of carbonyl (C=O) groups is 2. The first-order valence-corrected chi connectivity index (χ1v) is 33.4. The number of ether oxygens (including phenoxy) is 1. The third-order valence-electron chi connectivity index (χ3n) is 15.3. The number of hydrogen-bond donors (Lipinski definition) is 3. The van der Waals surface area contributed by atoms with Crippen LogP contribution in [0.4, 0.5) is 0 Å². The summed E-state index contributed by atoms with van der Waals surface area (Å²) in [5.74, 6) is -0.0989. The van der Waals surface area contributed by atoms with Crippen LogP contribution in [0.3, 0.4) is 0 Å². The number of hydrogen-bond acceptors (Lipinski definition) is 5. The fourth-order valence-electron chi connectivity index (χ4n) is 10.2. The molecule has 0 fully saturated rings. The third-order valence-corrected chi connectivity index (χ3v) is 15.3. The number of unbranched alkanes of at least 4 members (excludes halogenated alkanes) is 45. The van der Waals surface area contributed by atoms with E-state index in [0.717, 1.165) is 77.0 Å². The smallest absolute Gasteiger partial charge is 0.305 e. The molecule has 0 aromatic heterocycles. The van der Waals surface area contributed by atoms with Gasteiger partial charge in [0.2, 0.25) is 5.91 Å². The van der Waals surface area contributed by atoms with E-state index in [1.54, 1.807) is 6.08 Å². The van der Waals surface area contributed by atoms with E-state index in [-0.39, 0.29) is 18.5 Å². The first kappa shape index (κ1) is 72.8. The van der Waals surface area contributed by atoms with Gasteiger partial charge in [0, 0.05) is 12.8 Å². The quantitative estimate of drug-likeness (QED) is 0.0320. The van der Waals surface area contributed by atoms with Crippen molar-refractivity contribution in [1.82, 2.24) is 5.32 Å². The maximum Gasteiger partial charge on any atom is 0.305 e. The normalized spacial score (nSPS) is 12.9. The number of allylic oxidation sites excluding steroid dienone is 7. The zero-order valence-corrected chi connectivity index (χ0v) is 50.3. The number of aliphatic hydroxyl groups excluding tert-OH is 2. The minimum atomic E-state index is -0.858. The van der Waals surface area contributed by atoms with Crippen molar-refractivity contribution in [2.24, 2.45) is 0 Å². The van der Waals surface area contributed by atoms with Crippen LogP contribution in [0.5, 0.6) is 0 Å². The molecule has 3 N–H and O–H groups in total. The number of carbonyl (C=O) groups excluding carboxylic acids is 2. The molecule has 75 heavy (non-hydrogen) atoms. The summed E-state index contributed by atoms with van der Waals surface area (Å²) in [7, 11) is 0. The molecule has 1 amide bonds. The molecule has 0 saturated heterocycles. The van der Waals surface area contributed by atoms with Gasteiger partial charge in [-0.05, 0) is 89.9 Å². The third kappa shape index (κ3) is 60.9. The average molecular weight is 1050 g/mol. The van der Waals surface area contributed by atoms with Gasteiger partial charge in [0.1, 0.15) is 0 Å². The van der Waals surface area contributed by atoms with Crippen molar-refractivity contribution in [3.8, 4) is 0 Å². The molecule has 0 rings (SSSR count). The van der Waals surface area contributed by atoms with E-state index in [4.69, 9.17) is 4.74 Å². The van der Waals surface area contributed by atoms with E-state index < -0.39 is 12.1 Å². The molecular formula is C69H129NO5. The predicted molar refractivity (Wildman–Crippen MR) is 329 cm³/mol. The van der Waals surface area contributed by atoms with Gasteiger partial charge in [0.05, 0.1) is 25.4 Å². The lowest BCUT2D eigenvalue weighted by Gasteiger charge is -2.20. The molecule has 0 radical (unpaired) electrons. The molecule has 6 nitrogen and oxygen atoms in total. The van der Waals surface area contributed by atoms with Crippen LogP contribution in [0.1, 0.15) is 354 Å². The maximum absolute atomic E-state index is 12.5. The fraction of sp³-hybridized carbons (Fsp3) is 0.855. The zero-order valence-electron chi connectivity index (χ0n) is 50.3. The molecule has 2 atom stereocenters. The second-order valence-electron chi connectivity index (χ2n) is 22.8. The molecule has 0 spiro atoms. The molecule has 0 aliphatic heterocycles. The van der Waals surface area contributed by atoms with Crippen LogP contribution in [0, 0.1) is 0 Å². The SMILES string of the molecule is CCCCCC/C=C\C/C=C\CCCCCCCCCC(=O)OCCCCCC/C=C\CCCCCCCCCC(=O)NC(CO)C(O)/C=C/CCCCCCCCCCCCCCCCCCCCCCCCC. The van der Waals surface area contributed by atoms with E-state index in [1.165, 1.54) is 250 Å². The van der Waals surface area contributed by atoms with Crippen LogP contribution in [0.25, 0.3) is 0 Å². The van der Waals surface area contributed by atoms with Gasteiger partial charge in [-0.3, -0.25) is 9.59 Å². The van der Waals surface area contributed by atoms with Crippen molar-refractivity contribution < 1.29 is 24.5 Å². The van der Waals surface area contributed by atoms with Crippen LogP contribution in [0.2, 0.25) is 0 Å². The lowest BCUT2D eigenvalue weighted by Crippen LogP contribution is -2.45. The monoisotopic (exact) mass is 1050 g/mol. The summed E-state index contributed by atoms with van der Waals surface area (Å²) in [6.07, 6.45) is 83.0. The van der Waals surface area contributed by atoms with Gasteiger partial charge in [-0.1, -0.05) is 300 Å². The fourth-order valence-corrected chi connectivity index (χ4v) is 10.2. The van der Waals surface area contributed by atoms with Crippen LogP contribution in [0.15, 0.2) is 48.6 Å². The Bertz CT molecular complexity index is 1260. The highest BCUT2D eigenvalue weighted by molar-refractivity contribution is 5.76. The van der Waals surface area contributed by atoms with Crippen molar-refractivity contribution in [1.29, 1.82) is 0 Å². The Kier molecular flexibility index (Phi) is 62.5. The Morgan fingerprint density at radius 2 is 0.667 bits per heavy atom. The number of aliphatic hydroxyl groups is 2. The second-order valence-corrected chi connectivity index (χ2v) is 22.8. The van der Waals surface area contributed by atoms with Crippen LogP contribution in [-0.4, -0.2) is 47.4 Å². The van der Waals surface area contributed by atoms with Gasteiger partial charge >= 0.3 is 5.97 Å². The largest absolute Gasteiger partial charge is 0.466 e. The number of nitrogens with one attached hydrogen (secondary N) is 1. The van der Waals surface area contributed by atoms with Crippen molar-refractivity contribution in [2.45, 2.75) is 366 Å². The van der Waals surface area contributed by atoms with Crippen LogP contribution in [-0.2, 0) is 14.3 Å². The Balaban J connectivity index is 3.49. The lowest BCUT2D eigenvalue weighted by atomic mass is 10.0. The van der Waals surface area contributed by atoms with Gasteiger partial charge in [0.25, 0.3) is 0 Å². The van der Waals surface area contributed by atoms with Gasteiger partial charge in [-0.15, -0.1) is 0 Å². The number of amides is 1. The molecule has 0 aromatic carbocycles. The molecule has 0 aliphatic carbocycles. The Labute approximate surface area is 467 Å². The molecule has 0 aromatic rings. The molecule has 2 unspecified atom stereocenters. The summed E-state index contributed by atoms with van der Waals surface area (Å²) >= 11 is 0. The molecule has 440 valence electrons. The molecule has 6 heteroatoms. The Hall–Kier alpha value is -2.18. The topological polar surface area (TPSA) is 95.9 Å². The van der Waals surface area contributed by atoms with Gasteiger partial charge in [0.15, 0.2) is 0 Å². The predicted octanol–water partition coefficient (Wildman–Crippen LogP) is 21.3. The van der Waals surface area contributed by atoms with E-state index in [9.17, 15) is 19.8 Å². The van der Waals surface area contributed by atoms with E-state index in [2.05, 4.69) is 55.6 Å². The lowest BCUT2D eigenvalue weighted by molar-refractivity contribution is -0.143. The first-order chi connectivity index (χ1) is 37.0. The molecular weight excluding hydrogens is 923 g/mol. The minimum absolute atomic E-state index is 0.0181. The number of rotatable bonds is 62. The molecule has 0 saturated carbocycles. The Morgan fingerprint density at radius 3 is 1.04 bits per heavy atom. The summed E-state index contributed by atoms with van der Waals surface area (Å²) in [5.41, 5.74) is 0. The highest BCUT2D eigenvalue weighted by atomic mass is 16.5. The summed E-state index contributed by atoms with van der Waals surface area (Å²) in [4.78, 5) is 24.6. The average Bonchev–Trinajstić information content (AvgIpc) is 3.41. The highest BCUT2D eigenvalue weighted by Crippen LogP contribution is 2.17. The Morgan fingerprint density at radius 1 is 0.373 bits per heavy atom. The summed E-state index contributed by atoms with van der Waals surface area (Å²) in [6, 6.07) is -0.642. The zero-order chi connectivity index (χ0) is 54.3. The summed E-state index contributed by atoms with van der Waals surface area (Å²) in [5, 5.41) is 23.2. The van der Waals surface area contributed by atoms with Crippen LogP contribution < -0.4 is 5.32 Å². The van der Waals surface area contributed by atoms with Crippen molar-refractivity contribution in [2.75, 3.05) is 13.2 Å². The van der Waals surface area contributed by atoms with Crippen molar-refractivity contribution in [3.63, 3.8) is 0 Å². The van der Waals surface area contributed by atoms with Crippen molar-refractivity contribution in [3.05, 3.63) is 48.6 Å². The number of esters is 1. The van der Waals surface area contributed by atoms with Crippen LogP contribution >= 0.6 is 0 Å². The summed E-state index contributed by atoms with van der Waals surface area (Å²) < 4.78 is 5.48. The van der Waals surface area contributed by atoms with Gasteiger partial charge < -0.3 is 20.3 Å². The van der Waals surface area contributed by atoms with E-state index in [0.29, 0.717) is 19.4 Å². The second kappa shape index (κ2) is 64.3. The van der Waals surface area contributed by atoms with Crippen molar-refractivity contribution >= 4 is 11.9 Å². The van der Waals surface area contributed by atoms with Gasteiger partial charge in [-0.25, -0.2) is 0 Å².